The third-order valence-electron chi connectivity index (χ3n) is 4.35. The van der Waals surface area contributed by atoms with Crippen LogP contribution < -0.4 is 0 Å². The lowest BCUT2D eigenvalue weighted by Crippen LogP contribution is -2.36. The highest BCUT2D eigenvalue weighted by atomic mass is 16.5. The summed E-state index contributed by atoms with van der Waals surface area (Å²) in [5.74, 6) is 2.07. The smallest absolute Gasteiger partial charge is 0.0775 e. The van der Waals surface area contributed by atoms with Crippen molar-refractivity contribution in [3.8, 4) is 0 Å². The topological polar surface area (TPSA) is 29.5 Å². The van der Waals surface area contributed by atoms with E-state index in [9.17, 15) is 5.11 Å². The van der Waals surface area contributed by atoms with Crippen LogP contribution in [0.1, 0.15) is 60.3 Å². The van der Waals surface area contributed by atoms with E-state index in [1.54, 1.807) is 6.92 Å². The number of aliphatic hydroxyl groups excluding tert-OH is 1. The first kappa shape index (κ1) is 17.0. The molecule has 1 saturated carbocycles. The Hall–Kier alpha value is -0.0151. The predicted octanol–water partition coefficient (Wildman–Crippen LogP) is 3.58. The van der Waals surface area contributed by atoms with Crippen LogP contribution in [0.15, 0.2) is 0 Å². The molecule has 0 amide bonds. The maximum Gasteiger partial charge on any atom is 0.0775 e. The van der Waals surface area contributed by atoms with Gasteiger partial charge in [-0.3, -0.25) is 0 Å². The molecule has 1 aliphatic rings. The van der Waals surface area contributed by atoms with Crippen molar-refractivity contribution >= 4 is 7.85 Å². The van der Waals surface area contributed by atoms with Gasteiger partial charge in [0.2, 0.25) is 0 Å². The van der Waals surface area contributed by atoms with Crippen molar-refractivity contribution in [3.63, 3.8) is 0 Å². The fraction of sp³-hybridized carbons (Fsp3) is 1.00. The van der Waals surface area contributed by atoms with Crippen molar-refractivity contribution in [1.29, 1.82) is 0 Å². The molecule has 2 radical (unpaired) electrons. The van der Waals surface area contributed by atoms with Gasteiger partial charge in [-0.15, -0.1) is 0 Å². The fourth-order valence-corrected chi connectivity index (χ4v) is 3.34. The molecular formula is C16H31BO2. The largest absolute Gasteiger partial charge is 0.393 e. The normalized spacial score (nSPS) is 33.1. The molecule has 19 heavy (non-hydrogen) atoms. The second-order valence-corrected chi connectivity index (χ2v) is 7.38. The highest BCUT2D eigenvalue weighted by Gasteiger charge is 2.32. The molecule has 110 valence electrons. The summed E-state index contributed by atoms with van der Waals surface area (Å²) in [5, 5.41) is 9.04. The van der Waals surface area contributed by atoms with Gasteiger partial charge in [0.15, 0.2) is 0 Å². The van der Waals surface area contributed by atoms with Crippen molar-refractivity contribution in [2.75, 3.05) is 6.61 Å². The Morgan fingerprint density at radius 1 is 1.32 bits per heavy atom. The summed E-state index contributed by atoms with van der Waals surface area (Å²) in [4.78, 5) is 0. The van der Waals surface area contributed by atoms with Crippen molar-refractivity contribution in [1.82, 2.24) is 0 Å². The summed E-state index contributed by atoms with van der Waals surface area (Å²) >= 11 is 0. The maximum absolute atomic E-state index is 9.47. The Labute approximate surface area is 120 Å². The zero-order chi connectivity index (χ0) is 14.6. The van der Waals surface area contributed by atoms with E-state index >= 15 is 0 Å². The first-order chi connectivity index (χ1) is 8.71. The van der Waals surface area contributed by atoms with E-state index in [-0.39, 0.29) is 6.10 Å². The Balaban J connectivity index is 2.52. The van der Waals surface area contributed by atoms with Crippen LogP contribution in [0.4, 0.5) is 0 Å². The van der Waals surface area contributed by atoms with Crippen molar-refractivity contribution in [2.45, 2.75) is 77.8 Å². The van der Waals surface area contributed by atoms with Crippen LogP contribution in [0.3, 0.4) is 0 Å². The average molecular weight is 266 g/mol. The lowest BCUT2D eigenvalue weighted by atomic mass is 9.67. The molecule has 0 aromatic carbocycles. The van der Waals surface area contributed by atoms with Gasteiger partial charge in [-0.1, -0.05) is 34.1 Å². The summed E-state index contributed by atoms with van der Waals surface area (Å²) < 4.78 is 6.16. The summed E-state index contributed by atoms with van der Waals surface area (Å²) in [5.41, 5.74) is 0. The van der Waals surface area contributed by atoms with Crippen LogP contribution in [0.25, 0.3) is 0 Å². The third kappa shape index (κ3) is 5.87. The maximum atomic E-state index is 9.47. The monoisotopic (exact) mass is 266 g/mol. The van der Waals surface area contributed by atoms with Crippen LogP contribution >= 0.6 is 0 Å². The molecule has 5 unspecified atom stereocenters. The Bertz CT molecular complexity index is 263. The van der Waals surface area contributed by atoms with E-state index in [1.165, 1.54) is 12.8 Å². The molecule has 1 aliphatic carbocycles. The van der Waals surface area contributed by atoms with Gasteiger partial charge in [0, 0.05) is 6.61 Å². The summed E-state index contributed by atoms with van der Waals surface area (Å²) in [6.45, 7) is 11.2. The molecule has 0 saturated heterocycles. The van der Waals surface area contributed by atoms with Gasteiger partial charge in [-0.2, -0.15) is 0 Å². The zero-order valence-corrected chi connectivity index (χ0v) is 13.4. The van der Waals surface area contributed by atoms with E-state index in [0.717, 1.165) is 12.3 Å². The molecule has 0 aromatic rings. The molecular weight excluding hydrogens is 235 g/mol. The number of aliphatic hydroxyl groups is 1. The van der Waals surface area contributed by atoms with Gasteiger partial charge in [0.25, 0.3) is 0 Å². The van der Waals surface area contributed by atoms with E-state index < -0.39 is 5.31 Å². The summed E-state index contributed by atoms with van der Waals surface area (Å²) in [6.07, 6.45) is 4.28. The molecule has 1 fully saturated rings. The molecule has 0 aromatic heterocycles. The van der Waals surface area contributed by atoms with Crippen molar-refractivity contribution in [3.05, 3.63) is 0 Å². The van der Waals surface area contributed by atoms with Crippen molar-refractivity contribution in [2.24, 2.45) is 17.8 Å². The lowest BCUT2D eigenvalue weighted by molar-refractivity contribution is -0.0504. The third-order valence-corrected chi connectivity index (χ3v) is 4.35. The van der Waals surface area contributed by atoms with Gasteiger partial charge in [-0.25, -0.2) is 0 Å². The molecule has 3 heteroatoms. The standard InChI is InChI=1S/C16H31BO2/c1-11(2)14-7-6-12(3)8-15(14)19-10-16(5,17)9-13(4)18/h11-15,18H,6-10H2,1-5H3. The molecule has 1 N–H and O–H groups in total. The Kier molecular flexibility index (Phi) is 6.39. The van der Waals surface area contributed by atoms with Crippen LogP contribution in [-0.4, -0.2) is 31.8 Å². The fourth-order valence-electron chi connectivity index (χ4n) is 3.34. The van der Waals surface area contributed by atoms with Gasteiger partial charge in [-0.05, 0) is 49.3 Å². The van der Waals surface area contributed by atoms with E-state index in [0.29, 0.717) is 31.0 Å². The van der Waals surface area contributed by atoms with Gasteiger partial charge in [0.1, 0.15) is 0 Å². The van der Waals surface area contributed by atoms with Gasteiger partial charge in [0.05, 0.1) is 20.1 Å². The molecule has 2 nitrogen and oxygen atoms in total. The zero-order valence-electron chi connectivity index (χ0n) is 13.4. The highest BCUT2D eigenvalue weighted by Crippen LogP contribution is 2.37. The molecule has 0 bridgehead atoms. The Morgan fingerprint density at radius 2 is 1.95 bits per heavy atom. The number of rotatable bonds is 6. The minimum atomic E-state index is -0.434. The molecule has 0 aliphatic heterocycles. The molecule has 5 atom stereocenters. The van der Waals surface area contributed by atoms with Gasteiger partial charge < -0.3 is 9.84 Å². The van der Waals surface area contributed by atoms with Crippen molar-refractivity contribution < 1.29 is 9.84 Å². The second kappa shape index (κ2) is 7.13. The highest BCUT2D eigenvalue weighted by molar-refractivity contribution is 6.15. The number of hydrogen-bond acceptors (Lipinski definition) is 2. The van der Waals surface area contributed by atoms with E-state index in [2.05, 4.69) is 20.8 Å². The second-order valence-electron chi connectivity index (χ2n) is 7.38. The number of hydrogen-bond donors (Lipinski definition) is 1. The minimum Gasteiger partial charge on any atom is -0.393 e. The predicted molar refractivity (Wildman–Crippen MR) is 81.5 cm³/mol. The van der Waals surface area contributed by atoms with E-state index in [1.807, 2.05) is 6.92 Å². The van der Waals surface area contributed by atoms with Crippen LogP contribution in [0.5, 0.6) is 0 Å². The first-order valence-corrected chi connectivity index (χ1v) is 7.80. The molecule has 1 rings (SSSR count). The average Bonchev–Trinajstić information content (AvgIpc) is 2.24. The van der Waals surface area contributed by atoms with Crippen LogP contribution in [0.2, 0.25) is 5.31 Å². The molecule has 0 spiro atoms. The first-order valence-electron chi connectivity index (χ1n) is 7.80. The summed E-state index contributed by atoms with van der Waals surface area (Å²) in [7, 11) is 6.21. The number of ether oxygens (including phenoxy) is 1. The molecule has 0 heterocycles. The van der Waals surface area contributed by atoms with Gasteiger partial charge >= 0.3 is 0 Å². The minimum absolute atomic E-state index is 0.334. The lowest BCUT2D eigenvalue weighted by Gasteiger charge is -2.39. The Morgan fingerprint density at radius 3 is 2.47 bits per heavy atom. The quantitative estimate of drug-likeness (QED) is 0.744. The van der Waals surface area contributed by atoms with Crippen LogP contribution in [-0.2, 0) is 4.74 Å². The summed E-state index contributed by atoms with van der Waals surface area (Å²) in [6, 6.07) is 0. The SMILES string of the molecule is [B]C(C)(COC1CC(C)CCC1C(C)C)CC(C)O. The van der Waals surface area contributed by atoms with E-state index in [4.69, 9.17) is 12.6 Å². The van der Waals surface area contributed by atoms with Crippen LogP contribution in [0, 0.1) is 17.8 Å².